The average molecular weight is 204 g/mol. The standard InChI is InChI=1S/C11H8O2S/c1-2-4-8(5-3-1)11-10-9(6-14-11)12-7-13-10/h1-6H,7H2. The Morgan fingerprint density at radius 3 is 2.79 bits per heavy atom. The van der Waals surface area contributed by atoms with Gasteiger partial charge in [-0.3, -0.25) is 0 Å². The summed E-state index contributed by atoms with van der Waals surface area (Å²) in [6.45, 7) is 0.345. The van der Waals surface area contributed by atoms with Crippen LogP contribution in [0.5, 0.6) is 11.5 Å². The van der Waals surface area contributed by atoms with Crippen LogP contribution in [-0.4, -0.2) is 6.79 Å². The van der Waals surface area contributed by atoms with Gasteiger partial charge >= 0.3 is 0 Å². The van der Waals surface area contributed by atoms with Gasteiger partial charge in [-0.05, 0) is 5.56 Å². The molecule has 0 saturated carbocycles. The molecule has 0 saturated heterocycles. The molecule has 0 atom stereocenters. The molecular weight excluding hydrogens is 196 g/mol. The second-order valence-electron chi connectivity index (χ2n) is 3.03. The van der Waals surface area contributed by atoms with Crippen molar-refractivity contribution in [3.05, 3.63) is 35.7 Å². The van der Waals surface area contributed by atoms with Gasteiger partial charge < -0.3 is 9.47 Å². The smallest absolute Gasteiger partial charge is 0.231 e. The molecule has 70 valence electrons. The van der Waals surface area contributed by atoms with E-state index in [0.29, 0.717) is 6.79 Å². The molecule has 1 aromatic carbocycles. The Morgan fingerprint density at radius 2 is 1.93 bits per heavy atom. The Labute approximate surface area is 85.7 Å². The van der Waals surface area contributed by atoms with Crippen LogP contribution in [0.4, 0.5) is 0 Å². The summed E-state index contributed by atoms with van der Waals surface area (Å²) in [5, 5.41) is 1.99. The summed E-state index contributed by atoms with van der Waals surface area (Å²) < 4.78 is 10.7. The Morgan fingerprint density at radius 1 is 1.07 bits per heavy atom. The zero-order valence-corrected chi connectivity index (χ0v) is 8.21. The van der Waals surface area contributed by atoms with Gasteiger partial charge in [0, 0.05) is 5.38 Å². The van der Waals surface area contributed by atoms with E-state index in [0.717, 1.165) is 16.4 Å². The molecule has 0 spiro atoms. The van der Waals surface area contributed by atoms with E-state index in [2.05, 4.69) is 12.1 Å². The van der Waals surface area contributed by atoms with E-state index in [1.54, 1.807) is 11.3 Å². The molecule has 2 nitrogen and oxygen atoms in total. The van der Waals surface area contributed by atoms with Gasteiger partial charge in [-0.2, -0.15) is 0 Å². The van der Waals surface area contributed by atoms with Crippen molar-refractivity contribution in [1.29, 1.82) is 0 Å². The number of hydrogen-bond acceptors (Lipinski definition) is 3. The highest BCUT2D eigenvalue weighted by Gasteiger charge is 2.20. The molecule has 2 heterocycles. The summed E-state index contributed by atoms with van der Waals surface area (Å²) in [5.41, 5.74) is 1.18. The molecule has 14 heavy (non-hydrogen) atoms. The van der Waals surface area contributed by atoms with Crippen molar-refractivity contribution in [1.82, 2.24) is 0 Å². The van der Waals surface area contributed by atoms with Crippen LogP contribution in [0, 0.1) is 0 Å². The van der Waals surface area contributed by atoms with Gasteiger partial charge in [0.15, 0.2) is 11.5 Å². The van der Waals surface area contributed by atoms with Crippen LogP contribution in [0.15, 0.2) is 35.7 Å². The van der Waals surface area contributed by atoms with Crippen LogP contribution < -0.4 is 9.47 Å². The molecule has 0 unspecified atom stereocenters. The second kappa shape index (κ2) is 3.03. The van der Waals surface area contributed by atoms with Crippen molar-refractivity contribution in [2.75, 3.05) is 6.79 Å². The number of fused-ring (bicyclic) bond motifs is 1. The minimum absolute atomic E-state index is 0.345. The summed E-state index contributed by atoms with van der Waals surface area (Å²) in [4.78, 5) is 1.15. The molecule has 1 aliphatic rings. The largest absolute Gasteiger partial charge is 0.453 e. The van der Waals surface area contributed by atoms with Crippen LogP contribution in [0.3, 0.4) is 0 Å². The van der Waals surface area contributed by atoms with E-state index < -0.39 is 0 Å². The summed E-state index contributed by atoms with van der Waals surface area (Å²) in [6, 6.07) is 10.2. The quantitative estimate of drug-likeness (QED) is 0.710. The van der Waals surface area contributed by atoms with Crippen LogP contribution in [-0.2, 0) is 0 Å². The topological polar surface area (TPSA) is 18.5 Å². The number of benzene rings is 1. The Balaban J connectivity index is 2.13. The van der Waals surface area contributed by atoms with Gasteiger partial charge in [-0.15, -0.1) is 11.3 Å². The van der Waals surface area contributed by atoms with E-state index in [-0.39, 0.29) is 0 Å². The molecule has 0 amide bonds. The van der Waals surface area contributed by atoms with Crippen LogP contribution in [0.1, 0.15) is 0 Å². The molecule has 0 radical (unpaired) electrons. The van der Waals surface area contributed by atoms with E-state index in [1.807, 2.05) is 23.6 Å². The van der Waals surface area contributed by atoms with Gasteiger partial charge in [0.25, 0.3) is 0 Å². The van der Waals surface area contributed by atoms with E-state index in [9.17, 15) is 0 Å². The molecular formula is C11H8O2S. The number of rotatable bonds is 1. The third-order valence-electron chi connectivity index (χ3n) is 2.17. The van der Waals surface area contributed by atoms with Gasteiger partial charge in [0.05, 0.1) is 4.88 Å². The van der Waals surface area contributed by atoms with Gasteiger partial charge in [0.1, 0.15) is 0 Å². The molecule has 2 aromatic rings. The van der Waals surface area contributed by atoms with Gasteiger partial charge in [-0.1, -0.05) is 30.3 Å². The molecule has 3 rings (SSSR count). The zero-order valence-electron chi connectivity index (χ0n) is 7.40. The fourth-order valence-corrected chi connectivity index (χ4v) is 2.45. The molecule has 0 N–H and O–H groups in total. The number of ether oxygens (including phenoxy) is 2. The third-order valence-corrected chi connectivity index (χ3v) is 3.16. The highest BCUT2D eigenvalue weighted by atomic mass is 32.1. The monoisotopic (exact) mass is 204 g/mol. The van der Waals surface area contributed by atoms with E-state index in [1.165, 1.54) is 5.56 Å². The summed E-state index contributed by atoms with van der Waals surface area (Å²) in [7, 11) is 0. The van der Waals surface area contributed by atoms with Crippen LogP contribution >= 0.6 is 11.3 Å². The first-order valence-electron chi connectivity index (χ1n) is 4.37. The first-order valence-corrected chi connectivity index (χ1v) is 5.25. The summed E-state index contributed by atoms with van der Waals surface area (Å²) in [6.07, 6.45) is 0. The van der Waals surface area contributed by atoms with Gasteiger partial charge in [0.2, 0.25) is 6.79 Å². The maximum absolute atomic E-state index is 5.41. The highest BCUT2D eigenvalue weighted by molar-refractivity contribution is 7.14. The lowest BCUT2D eigenvalue weighted by Gasteiger charge is -1.98. The molecule has 3 heteroatoms. The van der Waals surface area contributed by atoms with E-state index >= 15 is 0 Å². The average Bonchev–Trinajstić information content (AvgIpc) is 2.79. The second-order valence-corrected chi connectivity index (χ2v) is 3.91. The number of thiophene rings is 1. The minimum atomic E-state index is 0.345. The predicted molar refractivity (Wildman–Crippen MR) is 55.9 cm³/mol. The minimum Gasteiger partial charge on any atom is -0.453 e. The summed E-state index contributed by atoms with van der Waals surface area (Å²) in [5.74, 6) is 1.76. The SMILES string of the molecule is c1ccc(-c2scc3c2OCO3)cc1. The fourth-order valence-electron chi connectivity index (χ4n) is 1.51. The molecule has 0 bridgehead atoms. The lowest BCUT2D eigenvalue weighted by Crippen LogP contribution is -1.94. The third kappa shape index (κ3) is 1.09. The lowest BCUT2D eigenvalue weighted by atomic mass is 10.2. The predicted octanol–water partition coefficient (Wildman–Crippen LogP) is 3.14. The van der Waals surface area contributed by atoms with Crippen molar-refractivity contribution in [3.8, 4) is 21.9 Å². The maximum atomic E-state index is 5.41. The Kier molecular flexibility index (Phi) is 1.70. The Bertz CT molecular complexity index is 448. The maximum Gasteiger partial charge on any atom is 0.231 e. The first kappa shape index (κ1) is 7.88. The van der Waals surface area contributed by atoms with E-state index in [4.69, 9.17) is 9.47 Å². The van der Waals surface area contributed by atoms with Crippen molar-refractivity contribution >= 4 is 11.3 Å². The summed E-state index contributed by atoms with van der Waals surface area (Å²) >= 11 is 1.66. The Hall–Kier alpha value is -1.48. The molecule has 1 aromatic heterocycles. The molecule has 0 fully saturated rings. The van der Waals surface area contributed by atoms with Crippen molar-refractivity contribution < 1.29 is 9.47 Å². The lowest BCUT2D eigenvalue weighted by molar-refractivity contribution is 0.174. The molecule has 1 aliphatic heterocycles. The number of hydrogen-bond donors (Lipinski definition) is 0. The van der Waals surface area contributed by atoms with Crippen LogP contribution in [0.25, 0.3) is 10.4 Å². The molecule has 0 aliphatic carbocycles. The highest BCUT2D eigenvalue weighted by Crippen LogP contribution is 2.46. The first-order chi connectivity index (χ1) is 6.95. The normalized spacial score (nSPS) is 13.1. The van der Waals surface area contributed by atoms with Crippen molar-refractivity contribution in [2.45, 2.75) is 0 Å². The zero-order chi connectivity index (χ0) is 9.38. The van der Waals surface area contributed by atoms with Gasteiger partial charge in [-0.25, -0.2) is 0 Å². The van der Waals surface area contributed by atoms with Crippen molar-refractivity contribution in [2.24, 2.45) is 0 Å². The fraction of sp³-hybridized carbons (Fsp3) is 0.0909. The van der Waals surface area contributed by atoms with Crippen molar-refractivity contribution in [3.63, 3.8) is 0 Å². The van der Waals surface area contributed by atoms with Crippen LogP contribution in [0.2, 0.25) is 0 Å².